The summed E-state index contributed by atoms with van der Waals surface area (Å²) in [5.41, 5.74) is 0.791. The minimum atomic E-state index is 0.0540. The largest absolute Gasteiger partial charge is 0.299 e. The normalized spacial score (nSPS) is 9.60. The highest BCUT2D eigenvalue weighted by molar-refractivity contribution is 6.31. The smallest absolute Gasteiger partial charge is 0.151 e. The number of carbonyl (C=O) groups is 1. The summed E-state index contributed by atoms with van der Waals surface area (Å²) in [6.45, 7) is 0.665. The van der Waals surface area contributed by atoms with Crippen LogP contribution in [0.5, 0.6) is 0 Å². The molecule has 15 heavy (non-hydrogen) atoms. The van der Waals surface area contributed by atoms with Gasteiger partial charge in [-0.05, 0) is 11.6 Å². The number of nitrogens with zero attached hydrogens (tertiary/aromatic N) is 1. The summed E-state index contributed by atoms with van der Waals surface area (Å²) in [6, 6.07) is 1.74. The van der Waals surface area contributed by atoms with Crippen molar-refractivity contribution in [3.63, 3.8) is 0 Å². The van der Waals surface area contributed by atoms with Crippen LogP contribution in [0.2, 0.25) is 5.02 Å². The van der Waals surface area contributed by atoms with Gasteiger partial charge in [0.15, 0.2) is 5.78 Å². The van der Waals surface area contributed by atoms with Gasteiger partial charge in [0.25, 0.3) is 0 Å². The first kappa shape index (κ1) is 11.7. The SMILES string of the molecule is C#CCNCC(=O)Cc1ccncc1Cl. The van der Waals surface area contributed by atoms with Crippen LogP contribution in [0.4, 0.5) is 0 Å². The number of nitrogens with one attached hydrogen (secondary N) is 1. The van der Waals surface area contributed by atoms with E-state index in [1.807, 2.05) is 0 Å². The van der Waals surface area contributed by atoms with Crippen LogP contribution in [0.3, 0.4) is 0 Å². The number of halogens is 1. The molecule has 0 saturated carbocycles. The summed E-state index contributed by atoms with van der Waals surface area (Å²) in [4.78, 5) is 15.3. The Balaban J connectivity index is 2.45. The first-order valence-electron chi connectivity index (χ1n) is 4.48. The van der Waals surface area contributed by atoms with Gasteiger partial charge in [0.2, 0.25) is 0 Å². The second-order valence-electron chi connectivity index (χ2n) is 2.99. The molecule has 1 N–H and O–H groups in total. The molecule has 3 nitrogen and oxygen atoms in total. The summed E-state index contributed by atoms with van der Waals surface area (Å²) >= 11 is 5.86. The van der Waals surface area contributed by atoms with Crippen LogP contribution in [-0.4, -0.2) is 23.9 Å². The van der Waals surface area contributed by atoms with E-state index in [4.69, 9.17) is 18.0 Å². The van der Waals surface area contributed by atoms with Crippen molar-refractivity contribution in [2.45, 2.75) is 6.42 Å². The van der Waals surface area contributed by atoms with Crippen LogP contribution in [0, 0.1) is 12.3 Å². The van der Waals surface area contributed by atoms with Gasteiger partial charge >= 0.3 is 0 Å². The molecule has 0 amide bonds. The molecule has 1 aromatic rings. The van der Waals surface area contributed by atoms with Crippen molar-refractivity contribution in [3.05, 3.63) is 29.0 Å². The topological polar surface area (TPSA) is 42.0 Å². The minimum absolute atomic E-state index is 0.0540. The molecule has 0 saturated heterocycles. The van der Waals surface area contributed by atoms with Crippen molar-refractivity contribution in [2.24, 2.45) is 0 Å². The summed E-state index contributed by atoms with van der Waals surface area (Å²) in [6.07, 6.45) is 8.48. The predicted molar refractivity (Wildman–Crippen MR) is 59.7 cm³/mol. The Hall–Kier alpha value is -1.37. The van der Waals surface area contributed by atoms with E-state index in [-0.39, 0.29) is 12.3 Å². The Morgan fingerprint density at radius 2 is 2.47 bits per heavy atom. The molecule has 0 aliphatic heterocycles. The van der Waals surface area contributed by atoms with E-state index < -0.39 is 0 Å². The Morgan fingerprint density at radius 3 is 3.13 bits per heavy atom. The lowest BCUT2D eigenvalue weighted by Gasteiger charge is -2.02. The molecule has 1 heterocycles. The van der Waals surface area contributed by atoms with Crippen LogP contribution in [0.15, 0.2) is 18.5 Å². The minimum Gasteiger partial charge on any atom is -0.299 e. The van der Waals surface area contributed by atoms with Crippen molar-refractivity contribution < 1.29 is 4.79 Å². The molecule has 0 fully saturated rings. The van der Waals surface area contributed by atoms with Crippen LogP contribution in [0.1, 0.15) is 5.56 Å². The zero-order chi connectivity index (χ0) is 11.1. The lowest BCUT2D eigenvalue weighted by Crippen LogP contribution is -2.24. The van der Waals surface area contributed by atoms with Crippen molar-refractivity contribution >= 4 is 17.4 Å². The van der Waals surface area contributed by atoms with Crippen LogP contribution in [-0.2, 0) is 11.2 Å². The van der Waals surface area contributed by atoms with Crippen LogP contribution in [0.25, 0.3) is 0 Å². The fraction of sp³-hybridized carbons (Fsp3) is 0.273. The molecule has 0 aromatic carbocycles. The number of ketones is 1. The number of terminal acetylenes is 1. The highest BCUT2D eigenvalue weighted by atomic mass is 35.5. The molecule has 0 radical (unpaired) electrons. The monoisotopic (exact) mass is 222 g/mol. The first-order valence-corrected chi connectivity index (χ1v) is 4.86. The quantitative estimate of drug-likeness (QED) is 0.599. The van der Waals surface area contributed by atoms with Gasteiger partial charge in [-0.3, -0.25) is 15.1 Å². The van der Waals surface area contributed by atoms with E-state index in [9.17, 15) is 4.79 Å². The average Bonchev–Trinajstić information content (AvgIpc) is 2.22. The first-order chi connectivity index (χ1) is 7.24. The van der Waals surface area contributed by atoms with Gasteiger partial charge in [0.05, 0.1) is 18.1 Å². The van der Waals surface area contributed by atoms with Crippen LogP contribution >= 0.6 is 11.6 Å². The predicted octanol–water partition coefficient (Wildman–Crippen LogP) is 1.07. The van der Waals surface area contributed by atoms with Crippen LogP contribution < -0.4 is 5.32 Å². The summed E-state index contributed by atoms with van der Waals surface area (Å²) in [5.74, 6) is 2.45. The Labute approximate surface area is 93.9 Å². The maximum atomic E-state index is 11.4. The van der Waals surface area contributed by atoms with E-state index in [1.54, 1.807) is 12.3 Å². The van der Waals surface area contributed by atoms with E-state index >= 15 is 0 Å². The zero-order valence-corrected chi connectivity index (χ0v) is 8.92. The van der Waals surface area contributed by atoms with E-state index in [0.29, 0.717) is 18.0 Å². The van der Waals surface area contributed by atoms with Gasteiger partial charge in [-0.1, -0.05) is 17.5 Å². The molecule has 0 spiro atoms. The van der Waals surface area contributed by atoms with Gasteiger partial charge in [-0.2, -0.15) is 0 Å². The molecule has 0 bridgehead atoms. The van der Waals surface area contributed by atoms with Gasteiger partial charge < -0.3 is 0 Å². The molecule has 78 valence electrons. The fourth-order valence-corrected chi connectivity index (χ4v) is 1.28. The number of pyridine rings is 1. The average molecular weight is 223 g/mol. The van der Waals surface area contributed by atoms with Crippen molar-refractivity contribution in [1.29, 1.82) is 0 Å². The third-order valence-electron chi connectivity index (χ3n) is 1.79. The zero-order valence-electron chi connectivity index (χ0n) is 8.16. The summed E-state index contributed by atoms with van der Waals surface area (Å²) < 4.78 is 0. The Bertz CT molecular complexity index is 384. The Morgan fingerprint density at radius 1 is 1.67 bits per heavy atom. The molecule has 0 aliphatic rings. The fourth-order valence-electron chi connectivity index (χ4n) is 1.10. The summed E-state index contributed by atoms with van der Waals surface area (Å²) in [7, 11) is 0. The maximum absolute atomic E-state index is 11.4. The molecule has 0 aliphatic carbocycles. The number of aromatic nitrogens is 1. The highest BCUT2D eigenvalue weighted by Crippen LogP contribution is 2.13. The second kappa shape index (κ2) is 6.18. The van der Waals surface area contributed by atoms with Gasteiger partial charge in [0.1, 0.15) is 0 Å². The van der Waals surface area contributed by atoms with Crippen molar-refractivity contribution in [2.75, 3.05) is 13.1 Å². The number of hydrogen-bond donors (Lipinski definition) is 1. The third-order valence-corrected chi connectivity index (χ3v) is 2.13. The molecule has 4 heteroatoms. The number of Topliss-reactive ketones (excluding diaryl/α,β-unsaturated/α-hetero) is 1. The standard InChI is InChI=1S/C11H11ClN2O/c1-2-4-13-7-10(15)6-9-3-5-14-8-11(9)12/h1,3,5,8,13H,4,6-7H2. The second-order valence-corrected chi connectivity index (χ2v) is 3.40. The highest BCUT2D eigenvalue weighted by Gasteiger charge is 2.05. The Kier molecular flexibility index (Phi) is 4.82. The number of rotatable bonds is 5. The number of hydrogen-bond acceptors (Lipinski definition) is 3. The van der Waals surface area contributed by atoms with E-state index in [1.165, 1.54) is 6.20 Å². The maximum Gasteiger partial charge on any atom is 0.151 e. The molecule has 1 aromatic heterocycles. The lowest BCUT2D eigenvalue weighted by molar-refractivity contribution is -0.117. The van der Waals surface area contributed by atoms with E-state index in [2.05, 4.69) is 16.2 Å². The van der Waals surface area contributed by atoms with E-state index in [0.717, 1.165) is 5.56 Å². The molecule has 0 unspecified atom stereocenters. The van der Waals surface area contributed by atoms with Gasteiger partial charge in [-0.25, -0.2) is 0 Å². The lowest BCUT2D eigenvalue weighted by atomic mass is 10.1. The molecular formula is C11H11ClN2O. The number of carbonyl (C=O) groups excluding carboxylic acids is 1. The van der Waals surface area contributed by atoms with Crippen molar-refractivity contribution in [3.8, 4) is 12.3 Å². The molecular weight excluding hydrogens is 212 g/mol. The molecule has 0 atom stereocenters. The molecule has 1 rings (SSSR count). The third kappa shape index (κ3) is 4.11. The van der Waals surface area contributed by atoms with Gasteiger partial charge in [-0.15, -0.1) is 6.42 Å². The van der Waals surface area contributed by atoms with Crippen molar-refractivity contribution in [1.82, 2.24) is 10.3 Å². The van der Waals surface area contributed by atoms with Gasteiger partial charge in [0, 0.05) is 18.8 Å². The summed E-state index contributed by atoms with van der Waals surface area (Å²) in [5, 5.41) is 3.35.